The number of ether oxygens (including phenoxy) is 2. The van der Waals surface area contributed by atoms with Crippen molar-refractivity contribution in [1.29, 1.82) is 0 Å². The minimum absolute atomic E-state index is 0.0878. The summed E-state index contributed by atoms with van der Waals surface area (Å²) in [6, 6.07) is 0. The minimum atomic E-state index is -4.41. The SMILES string of the molecule is CCCCCCCCCCCCCCCCC=CO[C@H](COCCCCCCCCCCCCCCCC)COP(=O)([O-])OCC[N+](C)(C)C. The Morgan fingerprint density at radius 3 is 1.36 bits per heavy atom. The lowest BCUT2D eigenvalue weighted by Gasteiger charge is -2.28. The molecule has 0 spiro atoms. The highest BCUT2D eigenvalue weighted by Crippen LogP contribution is 2.38. The molecule has 0 saturated heterocycles. The van der Waals surface area contributed by atoms with Gasteiger partial charge in [0, 0.05) is 6.61 Å². The standard InChI is InChI=1S/C42H86NO6P/c1-6-8-10-12-14-16-18-20-22-23-25-27-29-31-33-35-38-47-42(41-49-50(44,45)48-39-36-43(3,4)5)40-46-37-34-32-30-28-26-24-21-19-17-15-13-11-9-7-2/h35,38,42H,6-34,36-37,39-41H2,1-5H3/t42-/m1/s1. The average molecular weight is 732 g/mol. The molecule has 50 heavy (non-hydrogen) atoms. The van der Waals surface area contributed by atoms with E-state index in [-0.39, 0.29) is 13.2 Å². The molecule has 0 aromatic carbocycles. The highest BCUT2D eigenvalue weighted by Gasteiger charge is 2.17. The van der Waals surface area contributed by atoms with Crippen LogP contribution in [0.5, 0.6) is 0 Å². The number of rotatable bonds is 41. The first kappa shape index (κ1) is 49.6. The lowest BCUT2D eigenvalue weighted by molar-refractivity contribution is -0.870. The fourth-order valence-corrected chi connectivity index (χ4v) is 6.80. The number of likely N-dealkylation sites (N-methyl/N-ethyl adjacent to an activating group) is 1. The molecule has 0 fully saturated rings. The summed E-state index contributed by atoms with van der Waals surface area (Å²) in [6.07, 6.45) is 41.7. The third-order valence-electron chi connectivity index (χ3n) is 9.47. The topological polar surface area (TPSA) is 77.1 Å². The molecule has 8 heteroatoms. The Morgan fingerprint density at radius 1 is 0.540 bits per heavy atom. The van der Waals surface area contributed by atoms with Gasteiger partial charge in [-0.05, 0) is 25.3 Å². The molecular formula is C42H86NO6P. The fraction of sp³-hybridized carbons (Fsp3) is 0.952. The second kappa shape index (κ2) is 36.9. The third-order valence-corrected chi connectivity index (χ3v) is 10.4. The summed E-state index contributed by atoms with van der Waals surface area (Å²) in [5.41, 5.74) is 0. The molecule has 0 heterocycles. The maximum atomic E-state index is 12.3. The van der Waals surface area contributed by atoms with Crippen molar-refractivity contribution in [3.63, 3.8) is 0 Å². The van der Waals surface area contributed by atoms with Crippen LogP contribution in [0, 0.1) is 0 Å². The van der Waals surface area contributed by atoms with Gasteiger partial charge in [0.2, 0.25) is 0 Å². The highest BCUT2D eigenvalue weighted by atomic mass is 31.2. The van der Waals surface area contributed by atoms with Crippen molar-refractivity contribution in [1.82, 2.24) is 0 Å². The first-order valence-electron chi connectivity index (χ1n) is 21.5. The van der Waals surface area contributed by atoms with E-state index in [0.29, 0.717) is 24.2 Å². The number of allylic oxidation sites excluding steroid dienone is 1. The first-order chi connectivity index (χ1) is 24.2. The molecule has 0 aliphatic rings. The number of hydrogen-bond donors (Lipinski definition) is 0. The monoisotopic (exact) mass is 732 g/mol. The Balaban J connectivity index is 4.14. The zero-order chi connectivity index (χ0) is 36.9. The van der Waals surface area contributed by atoms with Crippen molar-refractivity contribution in [2.75, 3.05) is 54.1 Å². The van der Waals surface area contributed by atoms with Crippen LogP contribution in [0.2, 0.25) is 0 Å². The smallest absolute Gasteiger partial charge is 0.268 e. The number of nitrogens with zero attached hydrogens (tertiary/aromatic N) is 1. The van der Waals surface area contributed by atoms with Crippen LogP contribution in [0.3, 0.4) is 0 Å². The Labute approximate surface area is 312 Å². The Kier molecular flexibility index (Phi) is 36.6. The van der Waals surface area contributed by atoms with Gasteiger partial charge < -0.3 is 27.9 Å². The summed E-state index contributed by atoms with van der Waals surface area (Å²) < 4.78 is 35.0. The molecule has 0 rings (SSSR count). The van der Waals surface area contributed by atoms with Gasteiger partial charge >= 0.3 is 0 Å². The molecular weight excluding hydrogens is 645 g/mol. The number of quaternary nitrogens is 1. The largest absolute Gasteiger partial charge is 0.756 e. The fourth-order valence-electron chi connectivity index (χ4n) is 6.07. The quantitative estimate of drug-likeness (QED) is 0.0270. The number of hydrogen-bond acceptors (Lipinski definition) is 6. The van der Waals surface area contributed by atoms with Crippen molar-refractivity contribution in [3.8, 4) is 0 Å². The van der Waals surface area contributed by atoms with Crippen LogP contribution in [0.1, 0.15) is 200 Å². The van der Waals surface area contributed by atoms with E-state index in [1.54, 1.807) is 6.26 Å². The van der Waals surface area contributed by atoms with Crippen LogP contribution in [0.4, 0.5) is 0 Å². The predicted octanol–water partition coefficient (Wildman–Crippen LogP) is 12.5. The summed E-state index contributed by atoms with van der Waals surface area (Å²) >= 11 is 0. The van der Waals surface area contributed by atoms with Crippen LogP contribution in [0.25, 0.3) is 0 Å². The summed E-state index contributed by atoms with van der Waals surface area (Å²) in [7, 11) is 1.57. The molecule has 1 unspecified atom stereocenters. The van der Waals surface area contributed by atoms with Gasteiger partial charge in [-0.3, -0.25) is 4.57 Å². The lowest BCUT2D eigenvalue weighted by Crippen LogP contribution is -2.37. The Morgan fingerprint density at radius 2 is 0.940 bits per heavy atom. The minimum Gasteiger partial charge on any atom is -0.756 e. The average Bonchev–Trinajstić information content (AvgIpc) is 3.07. The summed E-state index contributed by atoms with van der Waals surface area (Å²) in [6.45, 7) is 6.04. The third kappa shape index (κ3) is 40.3. The van der Waals surface area contributed by atoms with Gasteiger partial charge in [0.05, 0.1) is 40.6 Å². The van der Waals surface area contributed by atoms with Gasteiger partial charge in [-0.2, -0.15) is 0 Å². The predicted molar refractivity (Wildman–Crippen MR) is 212 cm³/mol. The van der Waals surface area contributed by atoms with Crippen LogP contribution >= 0.6 is 7.82 Å². The van der Waals surface area contributed by atoms with Gasteiger partial charge in [0.1, 0.15) is 19.3 Å². The van der Waals surface area contributed by atoms with E-state index in [2.05, 4.69) is 13.8 Å². The van der Waals surface area contributed by atoms with Crippen LogP contribution < -0.4 is 4.89 Å². The number of phosphoric ester groups is 1. The molecule has 300 valence electrons. The van der Waals surface area contributed by atoms with E-state index >= 15 is 0 Å². The zero-order valence-electron chi connectivity index (χ0n) is 34.1. The Bertz CT molecular complexity index is 759. The van der Waals surface area contributed by atoms with E-state index < -0.39 is 13.9 Å². The zero-order valence-corrected chi connectivity index (χ0v) is 35.0. The van der Waals surface area contributed by atoms with E-state index in [9.17, 15) is 9.46 Å². The van der Waals surface area contributed by atoms with Gasteiger partial charge in [-0.25, -0.2) is 0 Å². The molecule has 0 aliphatic carbocycles. The molecule has 0 radical (unpaired) electrons. The normalized spacial score (nSPS) is 14.0. The van der Waals surface area contributed by atoms with Crippen molar-refractivity contribution >= 4 is 7.82 Å². The molecule has 0 aliphatic heterocycles. The first-order valence-corrected chi connectivity index (χ1v) is 22.9. The van der Waals surface area contributed by atoms with Crippen LogP contribution in [-0.4, -0.2) is 64.7 Å². The van der Waals surface area contributed by atoms with E-state index in [1.807, 2.05) is 27.2 Å². The summed E-state index contributed by atoms with van der Waals surface area (Å²) in [4.78, 5) is 12.3. The van der Waals surface area contributed by atoms with Gasteiger partial charge in [-0.15, -0.1) is 0 Å². The van der Waals surface area contributed by atoms with Crippen LogP contribution in [0.15, 0.2) is 12.3 Å². The maximum absolute atomic E-state index is 12.3. The molecule has 0 bridgehead atoms. The molecule has 0 saturated carbocycles. The van der Waals surface area contributed by atoms with Crippen LogP contribution in [-0.2, 0) is 23.1 Å². The Hall–Kier alpha value is -0.430. The molecule has 0 N–H and O–H groups in total. The lowest BCUT2D eigenvalue weighted by atomic mass is 10.0. The van der Waals surface area contributed by atoms with E-state index in [0.717, 1.165) is 25.7 Å². The number of phosphoric acid groups is 1. The molecule has 0 aromatic heterocycles. The van der Waals surface area contributed by atoms with Crippen molar-refractivity contribution in [2.45, 2.75) is 206 Å². The molecule has 7 nitrogen and oxygen atoms in total. The van der Waals surface area contributed by atoms with E-state index in [4.69, 9.17) is 18.5 Å². The van der Waals surface area contributed by atoms with Gasteiger partial charge in [0.15, 0.2) is 0 Å². The van der Waals surface area contributed by atoms with Gasteiger partial charge in [-0.1, -0.05) is 181 Å². The highest BCUT2D eigenvalue weighted by molar-refractivity contribution is 7.45. The second-order valence-corrected chi connectivity index (χ2v) is 17.2. The maximum Gasteiger partial charge on any atom is 0.268 e. The molecule has 0 aromatic rings. The second-order valence-electron chi connectivity index (χ2n) is 15.8. The summed E-state index contributed by atoms with van der Waals surface area (Å²) in [5.74, 6) is 0. The molecule has 2 atom stereocenters. The van der Waals surface area contributed by atoms with Gasteiger partial charge in [0.25, 0.3) is 7.82 Å². The summed E-state index contributed by atoms with van der Waals surface area (Å²) in [5, 5.41) is 0. The van der Waals surface area contributed by atoms with Crippen molar-refractivity contribution in [3.05, 3.63) is 12.3 Å². The van der Waals surface area contributed by atoms with Crippen molar-refractivity contribution in [2.24, 2.45) is 0 Å². The van der Waals surface area contributed by atoms with E-state index in [1.165, 1.54) is 161 Å². The number of unbranched alkanes of at least 4 members (excludes halogenated alkanes) is 27. The molecule has 0 amide bonds. The van der Waals surface area contributed by atoms with Crippen molar-refractivity contribution < 1.29 is 32.5 Å².